The van der Waals surface area contributed by atoms with Crippen LogP contribution >= 0.6 is 0 Å². The van der Waals surface area contributed by atoms with Crippen molar-refractivity contribution in [1.82, 2.24) is 14.4 Å². The first kappa shape index (κ1) is 17.3. The summed E-state index contributed by atoms with van der Waals surface area (Å²) in [6, 6.07) is 10.8. The number of carbonyl (C=O) groups excluding carboxylic acids is 1. The Labute approximate surface area is 154 Å². The number of aromatic nitrogens is 1. The Balaban J connectivity index is 1.47. The fourth-order valence-corrected chi connectivity index (χ4v) is 4.47. The molecule has 2 fully saturated rings. The zero-order valence-corrected chi connectivity index (χ0v) is 15.2. The standard InChI is InChI=1S/C21H26N4O/c22-9-5-12-25-15-19(18-6-1-2-7-20(18)25)21(26)16-23-13-8-17(14-23)24-10-3-4-11-24/h1-2,6-7,15,17H,3-5,8,10-14,16H2. The monoisotopic (exact) mass is 350 g/mol. The Morgan fingerprint density at radius 3 is 2.81 bits per heavy atom. The van der Waals surface area contributed by atoms with E-state index >= 15 is 0 Å². The van der Waals surface area contributed by atoms with Crippen molar-refractivity contribution in [1.29, 1.82) is 5.26 Å². The zero-order valence-electron chi connectivity index (χ0n) is 15.2. The quantitative estimate of drug-likeness (QED) is 0.752. The van der Waals surface area contributed by atoms with Crippen LogP contribution in [0.2, 0.25) is 0 Å². The molecule has 2 aliphatic heterocycles. The molecule has 1 aromatic heterocycles. The predicted molar refractivity (Wildman–Crippen MR) is 102 cm³/mol. The summed E-state index contributed by atoms with van der Waals surface area (Å²) in [7, 11) is 0. The lowest BCUT2D eigenvalue weighted by atomic mass is 10.1. The van der Waals surface area contributed by atoms with E-state index in [4.69, 9.17) is 5.26 Å². The molecule has 0 N–H and O–H groups in total. The number of carbonyl (C=O) groups is 1. The highest BCUT2D eigenvalue weighted by Crippen LogP contribution is 2.24. The molecule has 5 heteroatoms. The van der Waals surface area contributed by atoms with Gasteiger partial charge in [0.25, 0.3) is 0 Å². The number of nitriles is 1. The van der Waals surface area contributed by atoms with Crippen LogP contribution in [0.25, 0.3) is 10.9 Å². The normalized spacial score (nSPS) is 21.4. The first-order valence-corrected chi connectivity index (χ1v) is 9.70. The van der Waals surface area contributed by atoms with Crippen molar-refractivity contribution in [2.45, 2.75) is 38.3 Å². The van der Waals surface area contributed by atoms with Gasteiger partial charge in [-0.1, -0.05) is 18.2 Å². The van der Waals surface area contributed by atoms with Crippen molar-refractivity contribution in [2.24, 2.45) is 0 Å². The summed E-state index contributed by atoms with van der Waals surface area (Å²) in [5.41, 5.74) is 1.84. The highest BCUT2D eigenvalue weighted by Gasteiger charge is 2.30. The molecule has 3 heterocycles. The molecule has 2 saturated heterocycles. The summed E-state index contributed by atoms with van der Waals surface area (Å²) >= 11 is 0. The highest BCUT2D eigenvalue weighted by atomic mass is 16.1. The average Bonchev–Trinajstić information content (AvgIpc) is 3.39. The number of hydrogen-bond donors (Lipinski definition) is 0. The first-order valence-electron chi connectivity index (χ1n) is 9.70. The average molecular weight is 350 g/mol. The molecule has 136 valence electrons. The van der Waals surface area contributed by atoms with Gasteiger partial charge < -0.3 is 4.57 Å². The lowest BCUT2D eigenvalue weighted by Crippen LogP contribution is -2.36. The van der Waals surface area contributed by atoms with Crippen LogP contribution in [0.3, 0.4) is 0 Å². The minimum Gasteiger partial charge on any atom is -0.346 e. The van der Waals surface area contributed by atoms with Crippen molar-refractivity contribution in [2.75, 3.05) is 32.7 Å². The summed E-state index contributed by atoms with van der Waals surface area (Å²) in [4.78, 5) is 17.9. The van der Waals surface area contributed by atoms with Gasteiger partial charge in [0.2, 0.25) is 0 Å². The molecule has 0 aliphatic carbocycles. The number of nitrogens with zero attached hydrogens (tertiary/aromatic N) is 4. The maximum atomic E-state index is 13.0. The molecular formula is C21H26N4O. The minimum atomic E-state index is 0.193. The number of likely N-dealkylation sites (tertiary alicyclic amines) is 2. The van der Waals surface area contributed by atoms with Gasteiger partial charge in [-0.15, -0.1) is 0 Å². The van der Waals surface area contributed by atoms with Gasteiger partial charge in [-0.3, -0.25) is 14.6 Å². The second-order valence-electron chi connectivity index (χ2n) is 7.51. The predicted octanol–water partition coefficient (Wildman–Crippen LogP) is 2.91. The van der Waals surface area contributed by atoms with Gasteiger partial charge in [0.05, 0.1) is 19.0 Å². The Bertz CT molecular complexity index is 828. The van der Waals surface area contributed by atoms with Crippen molar-refractivity contribution < 1.29 is 4.79 Å². The van der Waals surface area contributed by atoms with Gasteiger partial charge in [-0.25, -0.2) is 0 Å². The fourth-order valence-electron chi connectivity index (χ4n) is 4.47. The van der Waals surface area contributed by atoms with Crippen LogP contribution in [0.15, 0.2) is 30.5 Å². The summed E-state index contributed by atoms with van der Waals surface area (Å²) in [5.74, 6) is 0.193. The third-order valence-electron chi connectivity index (χ3n) is 5.83. The number of ketones is 1. The molecular weight excluding hydrogens is 324 g/mol. The Hall–Kier alpha value is -2.16. The van der Waals surface area contributed by atoms with Crippen LogP contribution in [0.4, 0.5) is 0 Å². The zero-order chi connectivity index (χ0) is 17.9. The fraction of sp³-hybridized carbons (Fsp3) is 0.524. The van der Waals surface area contributed by atoms with E-state index in [0.717, 1.165) is 29.6 Å². The second-order valence-corrected chi connectivity index (χ2v) is 7.51. The number of fused-ring (bicyclic) bond motifs is 1. The van der Waals surface area contributed by atoms with Gasteiger partial charge in [0.1, 0.15) is 0 Å². The molecule has 0 saturated carbocycles. The molecule has 2 aliphatic rings. The largest absolute Gasteiger partial charge is 0.346 e. The third kappa shape index (κ3) is 3.40. The van der Waals surface area contributed by atoms with E-state index in [2.05, 4.69) is 15.9 Å². The molecule has 1 aromatic carbocycles. The SMILES string of the molecule is N#CCCn1cc(C(=O)CN2CCC(N3CCCC3)C2)c2ccccc21. The van der Waals surface area contributed by atoms with E-state index < -0.39 is 0 Å². The number of para-hydroxylation sites is 1. The van der Waals surface area contributed by atoms with E-state index in [1.807, 2.05) is 35.0 Å². The molecule has 1 atom stereocenters. The number of Topliss-reactive ketones (excluding diaryl/α,β-unsaturated/α-hetero) is 1. The summed E-state index contributed by atoms with van der Waals surface area (Å²) in [6.45, 7) is 5.60. The molecule has 2 aromatic rings. The van der Waals surface area contributed by atoms with E-state index in [0.29, 0.717) is 25.6 Å². The van der Waals surface area contributed by atoms with E-state index in [1.165, 1.54) is 32.4 Å². The maximum absolute atomic E-state index is 13.0. The van der Waals surface area contributed by atoms with Crippen LogP contribution in [-0.4, -0.2) is 58.9 Å². The number of rotatable bonds is 6. The molecule has 1 unspecified atom stereocenters. The van der Waals surface area contributed by atoms with Crippen molar-refractivity contribution in [3.8, 4) is 6.07 Å². The topological polar surface area (TPSA) is 52.3 Å². The second kappa shape index (κ2) is 7.61. The van der Waals surface area contributed by atoms with Gasteiger partial charge in [-0.05, 0) is 38.4 Å². The molecule has 0 spiro atoms. The number of hydrogen-bond acceptors (Lipinski definition) is 4. The lowest BCUT2D eigenvalue weighted by Gasteiger charge is -2.23. The first-order chi connectivity index (χ1) is 12.8. The number of benzene rings is 1. The Morgan fingerprint density at radius 1 is 1.19 bits per heavy atom. The Morgan fingerprint density at radius 2 is 2.00 bits per heavy atom. The number of aryl methyl sites for hydroxylation is 1. The Kier molecular flexibility index (Phi) is 5.05. The van der Waals surface area contributed by atoms with E-state index in [1.54, 1.807) is 0 Å². The van der Waals surface area contributed by atoms with Crippen LogP contribution in [0.1, 0.15) is 36.0 Å². The molecule has 0 radical (unpaired) electrons. The molecule has 4 rings (SSSR count). The van der Waals surface area contributed by atoms with Crippen molar-refractivity contribution in [3.63, 3.8) is 0 Å². The van der Waals surface area contributed by atoms with Gasteiger partial charge >= 0.3 is 0 Å². The molecule has 0 amide bonds. The summed E-state index contributed by atoms with van der Waals surface area (Å²) in [6.07, 6.45) is 6.21. The third-order valence-corrected chi connectivity index (χ3v) is 5.83. The molecule has 5 nitrogen and oxygen atoms in total. The van der Waals surface area contributed by atoms with Gasteiger partial charge in [0.15, 0.2) is 5.78 Å². The van der Waals surface area contributed by atoms with E-state index in [-0.39, 0.29) is 5.78 Å². The van der Waals surface area contributed by atoms with Crippen LogP contribution < -0.4 is 0 Å². The van der Waals surface area contributed by atoms with Gasteiger partial charge in [0, 0.05) is 48.3 Å². The summed E-state index contributed by atoms with van der Waals surface area (Å²) in [5, 5.41) is 9.88. The van der Waals surface area contributed by atoms with Crippen molar-refractivity contribution in [3.05, 3.63) is 36.0 Å². The van der Waals surface area contributed by atoms with Crippen LogP contribution in [0, 0.1) is 11.3 Å². The van der Waals surface area contributed by atoms with Crippen LogP contribution in [0.5, 0.6) is 0 Å². The molecule has 0 bridgehead atoms. The minimum absolute atomic E-state index is 0.193. The highest BCUT2D eigenvalue weighted by molar-refractivity contribution is 6.09. The smallest absolute Gasteiger partial charge is 0.178 e. The summed E-state index contributed by atoms with van der Waals surface area (Å²) < 4.78 is 2.04. The van der Waals surface area contributed by atoms with Crippen LogP contribution in [-0.2, 0) is 6.54 Å². The van der Waals surface area contributed by atoms with Crippen molar-refractivity contribution >= 4 is 16.7 Å². The molecule has 26 heavy (non-hydrogen) atoms. The maximum Gasteiger partial charge on any atom is 0.178 e. The van der Waals surface area contributed by atoms with Gasteiger partial charge in [-0.2, -0.15) is 5.26 Å². The van der Waals surface area contributed by atoms with E-state index in [9.17, 15) is 4.79 Å². The lowest BCUT2D eigenvalue weighted by molar-refractivity contribution is 0.0941.